The predicted molar refractivity (Wildman–Crippen MR) is 100 cm³/mol. The average molecular weight is 344 g/mol. The molecule has 1 fully saturated rings. The minimum Gasteiger partial charge on any atom is -0.483 e. The zero-order valence-electron chi connectivity index (χ0n) is 15.8. The summed E-state index contributed by atoms with van der Waals surface area (Å²) in [4.78, 5) is 16.2. The lowest BCUT2D eigenvalue weighted by molar-refractivity contribution is 0.0240. The molecule has 0 atom stereocenters. The lowest BCUT2D eigenvalue weighted by Crippen LogP contribution is -2.50. The van der Waals surface area contributed by atoms with Crippen LogP contribution in [0.5, 0.6) is 5.75 Å². The molecule has 0 N–H and O–H groups in total. The van der Waals surface area contributed by atoms with E-state index in [1.807, 2.05) is 20.8 Å². The van der Waals surface area contributed by atoms with Crippen molar-refractivity contribution in [3.05, 3.63) is 29.8 Å². The van der Waals surface area contributed by atoms with Crippen LogP contribution in [0.2, 0.25) is 0 Å². The van der Waals surface area contributed by atoms with Crippen LogP contribution in [-0.4, -0.2) is 48.4 Å². The Kier molecular flexibility index (Phi) is 4.43. The molecule has 2 aliphatic rings. The van der Waals surface area contributed by atoms with Crippen molar-refractivity contribution in [1.82, 2.24) is 4.90 Å². The van der Waals surface area contributed by atoms with E-state index in [1.54, 1.807) is 4.90 Å². The van der Waals surface area contributed by atoms with Gasteiger partial charge in [-0.15, -0.1) is 0 Å². The number of amides is 1. The summed E-state index contributed by atoms with van der Waals surface area (Å²) in [7, 11) is 0. The molecule has 1 aromatic carbocycles. The second-order valence-corrected chi connectivity index (χ2v) is 8.22. The Morgan fingerprint density at radius 3 is 2.48 bits per heavy atom. The van der Waals surface area contributed by atoms with Crippen LogP contribution in [-0.2, 0) is 4.74 Å². The Morgan fingerprint density at radius 2 is 1.84 bits per heavy atom. The fourth-order valence-corrected chi connectivity index (χ4v) is 3.03. The van der Waals surface area contributed by atoms with E-state index in [9.17, 15) is 4.79 Å². The monoisotopic (exact) mass is 344 g/mol. The molecule has 0 unspecified atom stereocenters. The van der Waals surface area contributed by atoms with Crippen LogP contribution >= 0.6 is 0 Å². The molecular formula is C20H28N2O3. The van der Waals surface area contributed by atoms with Crippen molar-refractivity contribution in [3.8, 4) is 5.75 Å². The van der Waals surface area contributed by atoms with Crippen LogP contribution < -0.4 is 9.64 Å². The predicted octanol–water partition coefficient (Wildman–Crippen LogP) is 3.93. The van der Waals surface area contributed by atoms with Crippen LogP contribution in [0.4, 0.5) is 10.5 Å². The smallest absolute Gasteiger partial charge is 0.410 e. The number of benzene rings is 1. The number of rotatable bonds is 1. The summed E-state index contributed by atoms with van der Waals surface area (Å²) in [6.45, 7) is 12.7. The van der Waals surface area contributed by atoms with E-state index in [4.69, 9.17) is 9.47 Å². The van der Waals surface area contributed by atoms with Crippen LogP contribution in [0, 0.1) is 0 Å². The molecule has 1 amide bonds. The lowest BCUT2D eigenvalue weighted by Gasteiger charge is -2.37. The highest BCUT2D eigenvalue weighted by Gasteiger charge is 2.27. The van der Waals surface area contributed by atoms with Crippen molar-refractivity contribution in [3.63, 3.8) is 0 Å². The third-order valence-corrected chi connectivity index (χ3v) is 4.33. The molecule has 0 saturated carbocycles. The molecule has 1 aromatic rings. The van der Waals surface area contributed by atoms with Gasteiger partial charge in [-0.3, -0.25) is 0 Å². The first-order valence-corrected chi connectivity index (χ1v) is 8.88. The van der Waals surface area contributed by atoms with Gasteiger partial charge in [0.25, 0.3) is 0 Å². The highest BCUT2D eigenvalue weighted by atomic mass is 16.6. The Hall–Kier alpha value is -2.17. The molecule has 2 aliphatic heterocycles. The molecule has 25 heavy (non-hydrogen) atoms. The molecule has 0 bridgehead atoms. The van der Waals surface area contributed by atoms with E-state index in [0.29, 0.717) is 13.1 Å². The summed E-state index contributed by atoms with van der Waals surface area (Å²) >= 11 is 0. The van der Waals surface area contributed by atoms with Crippen LogP contribution in [0.3, 0.4) is 0 Å². The standard InChI is InChI=1S/C20H28N2O3/c1-19(2,3)25-18(23)22-12-10-21(11-13-22)16-7-6-15-8-9-20(4,5)24-17(15)14-16/h6-9,14H,10-13H2,1-5H3. The van der Waals surface area contributed by atoms with E-state index in [2.05, 4.69) is 49.1 Å². The van der Waals surface area contributed by atoms with Gasteiger partial charge in [0.05, 0.1) is 0 Å². The SMILES string of the molecule is CC(C)(C)OC(=O)N1CCN(c2ccc3c(c2)OC(C)(C)C=C3)CC1. The van der Waals surface area contributed by atoms with Gasteiger partial charge in [-0.25, -0.2) is 4.79 Å². The highest BCUT2D eigenvalue weighted by molar-refractivity contribution is 5.69. The highest BCUT2D eigenvalue weighted by Crippen LogP contribution is 2.34. The topological polar surface area (TPSA) is 42.0 Å². The van der Waals surface area contributed by atoms with Gasteiger partial charge in [0.15, 0.2) is 0 Å². The number of nitrogens with zero attached hydrogens (tertiary/aromatic N) is 2. The molecule has 2 heterocycles. The van der Waals surface area contributed by atoms with Gasteiger partial charge < -0.3 is 19.3 Å². The second kappa shape index (κ2) is 6.28. The molecule has 1 saturated heterocycles. The van der Waals surface area contributed by atoms with Gasteiger partial charge in [-0.2, -0.15) is 0 Å². The minimum absolute atomic E-state index is 0.229. The third-order valence-electron chi connectivity index (χ3n) is 4.33. The largest absolute Gasteiger partial charge is 0.483 e. The maximum atomic E-state index is 12.2. The average Bonchev–Trinajstić information content (AvgIpc) is 2.52. The second-order valence-electron chi connectivity index (χ2n) is 8.22. The summed E-state index contributed by atoms with van der Waals surface area (Å²) in [5.74, 6) is 0.916. The van der Waals surface area contributed by atoms with Crippen molar-refractivity contribution in [1.29, 1.82) is 0 Å². The molecular weight excluding hydrogens is 316 g/mol. The number of piperazine rings is 1. The zero-order valence-corrected chi connectivity index (χ0v) is 15.8. The first kappa shape index (κ1) is 17.6. The number of carbonyl (C=O) groups is 1. The molecule has 0 spiro atoms. The molecule has 0 aliphatic carbocycles. The number of anilines is 1. The number of hydrogen-bond donors (Lipinski definition) is 0. The van der Waals surface area contributed by atoms with Crippen LogP contribution in [0.25, 0.3) is 6.08 Å². The van der Waals surface area contributed by atoms with Crippen LogP contribution in [0.15, 0.2) is 24.3 Å². The molecule has 0 radical (unpaired) electrons. The number of ether oxygens (including phenoxy) is 2. The molecule has 5 nitrogen and oxygen atoms in total. The van der Waals surface area contributed by atoms with Gasteiger partial charge in [0.1, 0.15) is 17.0 Å². The van der Waals surface area contributed by atoms with Crippen molar-refractivity contribution >= 4 is 17.9 Å². The van der Waals surface area contributed by atoms with E-state index in [1.165, 1.54) is 0 Å². The summed E-state index contributed by atoms with van der Waals surface area (Å²) in [6, 6.07) is 6.31. The Labute approximate surface area is 150 Å². The summed E-state index contributed by atoms with van der Waals surface area (Å²) in [5, 5.41) is 0. The van der Waals surface area contributed by atoms with Crippen molar-refractivity contribution < 1.29 is 14.3 Å². The zero-order chi connectivity index (χ0) is 18.2. The van der Waals surface area contributed by atoms with Gasteiger partial charge in [-0.1, -0.05) is 6.08 Å². The Bertz CT molecular complexity index is 681. The number of carbonyl (C=O) groups excluding carboxylic acids is 1. The Balaban J connectivity index is 1.64. The van der Waals surface area contributed by atoms with Crippen LogP contribution in [0.1, 0.15) is 40.2 Å². The quantitative estimate of drug-likeness (QED) is 0.774. The van der Waals surface area contributed by atoms with Gasteiger partial charge in [0.2, 0.25) is 0 Å². The lowest BCUT2D eigenvalue weighted by atomic mass is 10.0. The maximum Gasteiger partial charge on any atom is 0.410 e. The van der Waals surface area contributed by atoms with E-state index in [0.717, 1.165) is 30.1 Å². The van der Waals surface area contributed by atoms with Gasteiger partial charge in [0, 0.05) is 43.5 Å². The number of fused-ring (bicyclic) bond motifs is 1. The number of hydrogen-bond acceptors (Lipinski definition) is 4. The first-order chi connectivity index (χ1) is 11.6. The van der Waals surface area contributed by atoms with Gasteiger partial charge in [-0.05, 0) is 52.8 Å². The Morgan fingerprint density at radius 1 is 1.16 bits per heavy atom. The van der Waals surface area contributed by atoms with E-state index in [-0.39, 0.29) is 11.7 Å². The molecule has 5 heteroatoms. The molecule has 0 aromatic heterocycles. The fourth-order valence-electron chi connectivity index (χ4n) is 3.03. The molecule has 3 rings (SSSR count). The summed E-state index contributed by atoms with van der Waals surface area (Å²) in [6.07, 6.45) is 3.96. The van der Waals surface area contributed by atoms with Crippen molar-refractivity contribution in [2.45, 2.75) is 45.8 Å². The van der Waals surface area contributed by atoms with E-state index < -0.39 is 5.60 Å². The van der Waals surface area contributed by atoms with E-state index >= 15 is 0 Å². The van der Waals surface area contributed by atoms with Gasteiger partial charge >= 0.3 is 6.09 Å². The minimum atomic E-state index is -0.454. The fraction of sp³-hybridized carbons (Fsp3) is 0.550. The molecule has 136 valence electrons. The van der Waals surface area contributed by atoms with Crippen molar-refractivity contribution in [2.75, 3.05) is 31.1 Å². The summed E-state index contributed by atoms with van der Waals surface area (Å²) in [5.41, 5.74) is 1.51. The third kappa shape index (κ3) is 4.27. The first-order valence-electron chi connectivity index (χ1n) is 8.88. The summed E-state index contributed by atoms with van der Waals surface area (Å²) < 4.78 is 11.5. The van der Waals surface area contributed by atoms with Crippen molar-refractivity contribution in [2.24, 2.45) is 0 Å². The maximum absolute atomic E-state index is 12.2. The normalized spacial score (nSPS) is 19.2.